The Labute approximate surface area is 146 Å². The topological polar surface area (TPSA) is 71.2 Å². The van der Waals surface area contributed by atoms with Gasteiger partial charge in [0.05, 0.1) is 5.69 Å². The lowest BCUT2D eigenvalue weighted by Gasteiger charge is -2.38. The summed E-state index contributed by atoms with van der Waals surface area (Å²) in [7, 11) is 2.08. The SMILES string of the molecule is Cc1noc(C2CN(c3cc(-c4ccccc4)ncn3)CCN2C)n1. The van der Waals surface area contributed by atoms with Gasteiger partial charge in [-0.1, -0.05) is 35.5 Å². The molecule has 0 spiro atoms. The van der Waals surface area contributed by atoms with Gasteiger partial charge >= 0.3 is 0 Å². The van der Waals surface area contributed by atoms with Gasteiger partial charge in [0.2, 0.25) is 5.89 Å². The minimum Gasteiger partial charge on any atom is -0.353 e. The molecule has 1 unspecified atom stereocenters. The van der Waals surface area contributed by atoms with Crippen LogP contribution in [-0.2, 0) is 0 Å². The number of benzene rings is 1. The number of piperazine rings is 1. The zero-order chi connectivity index (χ0) is 17.2. The zero-order valence-electron chi connectivity index (χ0n) is 14.3. The quantitative estimate of drug-likeness (QED) is 0.727. The van der Waals surface area contributed by atoms with E-state index in [9.17, 15) is 0 Å². The average Bonchev–Trinajstić information content (AvgIpc) is 3.09. The van der Waals surface area contributed by atoms with Gasteiger partial charge in [0.1, 0.15) is 18.2 Å². The molecule has 0 aliphatic carbocycles. The number of hydrogen-bond donors (Lipinski definition) is 0. The third-order valence-electron chi connectivity index (χ3n) is 4.52. The number of anilines is 1. The highest BCUT2D eigenvalue weighted by atomic mass is 16.5. The Morgan fingerprint density at radius 3 is 2.72 bits per heavy atom. The number of aryl methyl sites for hydroxylation is 1. The fourth-order valence-corrected chi connectivity index (χ4v) is 3.08. The van der Waals surface area contributed by atoms with Crippen LogP contribution in [0.5, 0.6) is 0 Å². The molecule has 0 bridgehead atoms. The fraction of sp³-hybridized carbons (Fsp3) is 0.333. The van der Waals surface area contributed by atoms with E-state index in [1.807, 2.05) is 31.2 Å². The maximum Gasteiger partial charge on any atom is 0.245 e. The largest absolute Gasteiger partial charge is 0.353 e. The molecule has 1 aliphatic heterocycles. The molecule has 7 nitrogen and oxygen atoms in total. The lowest BCUT2D eigenvalue weighted by atomic mass is 10.1. The van der Waals surface area contributed by atoms with Crippen molar-refractivity contribution in [2.75, 3.05) is 31.6 Å². The number of nitrogens with zero attached hydrogens (tertiary/aromatic N) is 6. The van der Waals surface area contributed by atoms with Gasteiger partial charge in [0.25, 0.3) is 0 Å². The van der Waals surface area contributed by atoms with Crippen LogP contribution in [-0.4, -0.2) is 51.7 Å². The van der Waals surface area contributed by atoms with Crippen molar-refractivity contribution in [1.82, 2.24) is 25.0 Å². The van der Waals surface area contributed by atoms with Crippen molar-refractivity contribution in [3.63, 3.8) is 0 Å². The molecule has 0 N–H and O–H groups in total. The molecule has 0 saturated carbocycles. The van der Waals surface area contributed by atoms with Crippen LogP contribution in [0.3, 0.4) is 0 Å². The van der Waals surface area contributed by atoms with Crippen molar-refractivity contribution in [3.05, 3.63) is 54.4 Å². The van der Waals surface area contributed by atoms with Crippen LogP contribution in [0.4, 0.5) is 5.82 Å². The van der Waals surface area contributed by atoms with E-state index in [4.69, 9.17) is 4.52 Å². The molecule has 0 amide bonds. The maximum atomic E-state index is 5.39. The van der Waals surface area contributed by atoms with E-state index in [0.29, 0.717) is 11.7 Å². The van der Waals surface area contributed by atoms with E-state index in [-0.39, 0.29) is 6.04 Å². The van der Waals surface area contributed by atoms with Crippen LogP contribution in [0.1, 0.15) is 17.8 Å². The lowest BCUT2D eigenvalue weighted by Crippen LogP contribution is -2.47. The van der Waals surface area contributed by atoms with Gasteiger partial charge in [-0.25, -0.2) is 9.97 Å². The second-order valence-corrected chi connectivity index (χ2v) is 6.25. The summed E-state index contributed by atoms with van der Waals surface area (Å²) in [4.78, 5) is 17.8. The summed E-state index contributed by atoms with van der Waals surface area (Å²) in [5.74, 6) is 2.24. The fourth-order valence-electron chi connectivity index (χ4n) is 3.08. The van der Waals surface area contributed by atoms with Crippen molar-refractivity contribution < 1.29 is 4.52 Å². The molecule has 1 fully saturated rings. The predicted molar refractivity (Wildman–Crippen MR) is 94.1 cm³/mol. The Morgan fingerprint density at radius 2 is 1.96 bits per heavy atom. The zero-order valence-corrected chi connectivity index (χ0v) is 14.3. The van der Waals surface area contributed by atoms with Gasteiger partial charge < -0.3 is 9.42 Å². The van der Waals surface area contributed by atoms with Gasteiger partial charge in [-0.3, -0.25) is 4.90 Å². The Kier molecular flexibility index (Phi) is 4.15. The normalized spacial score (nSPS) is 18.5. The predicted octanol–water partition coefficient (Wildman–Crippen LogP) is 2.33. The van der Waals surface area contributed by atoms with Crippen LogP contribution in [0.15, 0.2) is 47.2 Å². The number of rotatable bonds is 3. The van der Waals surface area contributed by atoms with E-state index >= 15 is 0 Å². The highest BCUT2D eigenvalue weighted by Crippen LogP contribution is 2.27. The lowest BCUT2D eigenvalue weighted by molar-refractivity contribution is 0.177. The summed E-state index contributed by atoms with van der Waals surface area (Å²) >= 11 is 0. The van der Waals surface area contributed by atoms with Crippen molar-refractivity contribution in [2.45, 2.75) is 13.0 Å². The van der Waals surface area contributed by atoms with Crippen LogP contribution < -0.4 is 4.90 Å². The van der Waals surface area contributed by atoms with Crippen molar-refractivity contribution in [2.24, 2.45) is 0 Å². The molecular formula is C18H20N6O. The third-order valence-corrected chi connectivity index (χ3v) is 4.52. The van der Waals surface area contributed by atoms with Crippen LogP contribution in [0.25, 0.3) is 11.3 Å². The van der Waals surface area contributed by atoms with Crippen molar-refractivity contribution in [3.8, 4) is 11.3 Å². The first kappa shape index (κ1) is 15.7. The van der Waals surface area contributed by atoms with Gasteiger partial charge in [0.15, 0.2) is 5.82 Å². The number of aromatic nitrogens is 4. The summed E-state index contributed by atoms with van der Waals surface area (Å²) in [5, 5.41) is 3.92. The molecule has 7 heteroatoms. The summed E-state index contributed by atoms with van der Waals surface area (Å²) in [6.45, 7) is 4.38. The molecule has 2 aromatic heterocycles. The molecule has 4 rings (SSSR count). The number of hydrogen-bond acceptors (Lipinski definition) is 7. The molecule has 25 heavy (non-hydrogen) atoms. The van der Waals surface area contributed by atoms with E-state index < -0.39 is 0 Å². The second-order valence-electron chi connectivity index (χ2n) is 6.25. The minimum absolute atomic E-state index is 0.0603. The smallest absolute Gasteiger partial charge is 0.245 e. The first-order valence-electron chi connectivity index (χ1n) is 8.33. The molecule has 0 radical (unpaired) electrons. The first-order valence-corrected chi connectivity index (χ1v) is 8.33. The molecule has 1 atom stereocenters. The van der Waals surface area contributed by atoms with E-state index in [0.717, 1.165) is 36.7 Å². The Morgan fingerprint density at radius 1 is 1.12 bits per heavy atom. The van der Waals surface area contributed by atoms with Gasteiger partial charge in [-0.2, -0.15) is 4.98 Å². The summed E-state index contributed by atoms with van der Waals surface area (Å²) in [5.41, 5.74) is 2.01. The van der Waals surface area contributed by atoms with E-state index in [1.165, 1.54) is 0 Å². The maximum absolute atomic E-state index is 5.39. The van der Waals surface area contributed by atoms with Crippen LogP contribution >= 0.6 is 0 Å². The molecule has 1 saturated heterocycles. The first-order chi connectivity index (χ1) is 12.2. The summed E-state index contributed by atoms with van der Waals surface area (Å²) < 4.78 is 5.39. The molecular weight excluding hydrogens is 316 g/mol. The van der Waals surface area contributed by atoms with Crippen molar-refractivity contribution in [1.29, 1.82) is 0 Å². The van der Waals surface area contributed by atoms with Gasteiger partial charge in [0, 0.05) is 31.3 Å². The van der Waals surface area contributed by atoms with Crippen molar-refractivity contribution >= 4 is 5.82 Å². The highest BCUT2D eigenvalue weighted by Gasteiger charge is 2.30. The Balaban J connectivity index is 1.59. The average molecular weight is 336 g/mol. The van der Waals surface area contributed by atoms with E-state index in [1.54, 1.807) is 6.33 Å². The number of likely N-dealkylation sites (N-methyl/N-ethyl adjacent to an activating group) is 1. The van der Waals surface area contributed by atoms with Gasteiger partial charge in [-0.15, -0.1) is 0 Å². The molecule has 1 aliphatic rings. The highest BCUT2D eigenvalue weighted by molar-refractivity contribution is 5.62. The molecule has 3 heterocycles. The molecule has 3 aromatic rings. The second kappa shape index (κ2) is 6.60. The van der Waals surface area contributed by atoms with Gasteiger partial charge in [-0.05, 0) is 14.0 Å². The third kappa shape index (κ3) is 3.23. The Hall–Kier alpha value is -2.80. The monoisotopic (exact) mass is 336 g/mol. The Bertz CT molecular complexity index is 850. The summed E-state index contributed by atoms with van der Waals surface area (Å²) in [6, 6.07) is 12.2. The molecule has 1 aromatic carbocycles. The minimum atomic E-state index is 0.0603. The standard InChI is InChI=1S/C18H20N6O/c1-13-21-18(25-22-13)16-11-24(9-8-23(16)2)17-10-15(19-12-20-17)14-6-4-3-5-7-14/h3-7,10,12,16H,8-9,11H2,1-2H3. The molecule has 128 valence electrons. The van der Waals surface area contributed by atoms with Crippen LogP contribution in [0, 0.1) is 6.92 Å². The van der Waals surface area contributed by atoms with E-state index in [2.05, 4.69) is 49.1 Å². The summed E-state index contributed by atoms with van der Waals surface area (Å²) in [6.07, 6.45) is 1.63. The van der Waals surface area contributed by atoms with Crippen LogP contribution in [0.2, 0.25) is 0 Å².